The van der Waals surface area contributed by atoms with Gasteiger partial charge in [0.25, 0.3) is 0 Å². The van der Waals surface area contributed by atoms with E-state index in [1.807, 2.05) is 12.1 Å². The van der Waals surface area contributed by atoms with Crippen LogP contribution in [0, 0.1) is 0 Å². The van der Waals surface area contributed by atoms with Crippen molar-refractivity contribution in [1.82, 2.24) is 0 Å². The summed E-state index contributed by atoms with van der Waals surface area (Å²) in [4.78, 5) is 2.23. The van der Waals surface area contributed by atoms with Crippen molar-refractivity contribution < 1.29 is 4.18 Å². The third-order valence-corrected chi connectivity index (χ3v) is 4.31. The van der Waals surface area contributed by atoms with Gasteiger partial charge in [-0.15, -0.1) is 0 Å². The van der Waals surface area contributed by atoms with Gasteiger partial charge >= 0.3 is 95.9 Å². The van der Waals surface area contributed by atoms with Gasteiger partial charge in [-0.05, 0) is 0 Å². The zero-order valence-electron chi connectivity index (χ0n) is 7.92. The van der Waals surface area contributed by atoms with Crippen LogP contribution in [0.2, 0.25) is 0 Å². The Morgan fingerprint density at radius 2 is 1.87 bits per heavy atom. The maximum Gasteiger partial charge on any atom is 0 e. The second kappa shape index (κ2) is 7.13. The number of benzene rings is 1. The topological polar surface area (TPSA) is 9.23 Å². The van der Waals surface area contributed by atoms with Crippen LogP contribution in [0.3, 0.4) is 0 Å². The molecule has 1 aromatic heterocycles. The largest absolute Gasteiger partial charge is 0 e. The van der Waals surface area contributed by atoms with Crippen LogP contribution in [0.25, 0.3) is 10.0 Å². The van der Waals surface area contributed by atoms with Gasteiger partial charge in [0.05, 0.1) is 0 Å². The molecule has 0 aliphatic rings. The Morgan fingerprint density at radius 1 is 1.13 bits per heavy atom. The molecule has 0 amide bonds. The fraction of sp³-hybridized carbons (Fsp3) is 0. The Morgan fingerprint density at radius 3 is 2.40 bits per heavy atom. The van der Waals surface area contributed by atoms with E-state index in [2.05, 4.69) is 37.6 Å². The van der Waals surface area contributed by atoms with Gasteiger partial charge in [0, 0.05) is 27.3 Å². The van der Waals surface area contributed by atoms with Crippen LogP contribution in [0.5, 0.6) is 5.75 Å². The first kappa shape index (κ1) is 13.8. The maximum atomic E-state index is 5.27. The molecule has 0 aliphatic carbocycles. The summed E-state index contributed by atoms with van der Waals surface area (Å²) in [5.74, 6) is 0.896. The molecule has 5 heteroatoms. The average Bonchev–Trinajstić information content (AvgIpc) is 2.72. The third-order valence-electron chi connectivity index (χ3n) is 1.80. The zero-order valence-corrected chi connectivity index (χ0v) is 16.1. The number of hydrogen-bond donors (Lipinski definition) is 0. The van der Waals surface area contributed by atoms with Gasteiger partial charge in [-0.3, -0.25) is 0 Å². The normalized spacial score (nSPS) is 9.40. The molecular formula is C10H9OPSSeTl. The van der Waals surface area contributed by atoms with Gasteiger partial charge in [-0.25, -0.2) is 0 Å². The summed E-state index contributed by atoms with van der Waals surface area (Å²) in [5, 5.41) is 0. The zero-order chi connectivity index (χ0) is 9.80. The minimum Gasteiger partial charge on any atom is 0 e. The number of hydrogen-bond acceptors (Lipinski definition) is 2. The monoisotopic (exact) mass is 493 g/mol. The van der Waals surface area contributed by atoms with E-state index in [0.717, 1.165) is 5.75 Å². The van der Waals surface area contributed by atoms with Crippen LogP contribution in [-0.4, -0.2) is 41.8 Å². The van der Waals surface area contributed by atoms with Crippen LogP contribution in [0.15, 0.2) is 41.3 Å². The summed E-state index contributed by atoms with van der Waals surface area (Å²) in [5.41, 5.74) is 1.30. The van der Waals surface area contributed by atoms with Crippen LogP contribution >= 0.6 is 20.1 Å². The fourth-order valence-corrected chi connectivity index (χ4v) is 3.27. The molecular weight excluding hydrogens is 482 g/mol. The Hall–Kier alpha value is 0.722. The molecule has 2 aromatic rings. The second-order valence-electron chi connectivity index (χ2n) is 2.68. The van der Waals surface area contributed by atoms with Gasteiger partial charge in [0.2, 0.25) is 0 Å². The van der Waals surface area contributed by atoms with Gasteiger partial charge in [0.15, 0.2) is 0 Å². The van der Waals surface area contributed by atoms with Crippen molar-refractivity contribution in [3.8, 4) is 15.8 Å². The molecule has 0 saturated heterocycles. The van der Waals surface area contributed by atoms with E-state index in [-0.39, 0.29) is 27.3 Å². The first-order chi connectivity index (χ1) is 6.90. The molecule has 1 atom stereocenters. The Bertz CT molecular complexity index is 390. The van der Waals surface area contributed by atoms with E-state index in [1.54, 1.807) is 0 Å². The van der Waals surface area contributed by atoms with Crippen molar-refractivity contribution in [2.45, 2.75) is 0 Å². The van der Waals surface area contributed by atoms with Gasteiger partial charge < -0.3 is 0 Å². The Labute approximate surface area is 122 Å². The molecule has 75 valence electrons. The first-order valence-electron chi connectivity index (χ1n) is 4.07. The molecule has 1 unspecified atom stereocenters. The standard InChI is InChI=1S/C10H9OPSSe.Tl/c12-13-11-9-5-3-8(4-6-9)10-2-1-7-14-10;/h1-7H,12H2;. The van der Waals surface area contributed by atoms with Crippen LogP contribution < -0.4 is 4.18 Å². The SMILES string of the molecule is PSOc1ccc(-c2ccc[se]2)cc1.[Tl]. The van der Waals surface area contributed by atoms with Crippen molar-refractivity contribution in [1.29, 1.82) is 0 Å². The summed E-state index contributed by atoms with van der Waals surface area (Å²) in [6.45, 7) is 0. The molecule has 0 bridgehead atoms. The van der Waals surface area contributed by atoms with E-state index in [0.29, 0.717) is 14.5 Å². The smallest absolute Gasteiger partial charge is 0 e. The summed E-state index contributed by atoms with van der Waals surface area (Å²) >= 11 is 1.80. The van der Waals surface area contributed by atoms with Crippen molar-refractivity contribution in [3.63, 3.8) is 0 Å². The van der Waals surface area contributed by atoms with E-state index in [9.17, 15) is 0 Å². The molecule has 0 spiro atoms. The van der Waals surface area contributed by atoms with E-state index in [1.165, 1.54) is 21.7 Å². The Kier molecular flexibility index (Phi) is 6.55. The molecule has 15 heavy (non-hydrogen) atoms. The summed E-state index contributed by atoms with van der Waals surface area (Å²) in [7, 11) is 2.46. The third kappa shape index (κ3) is 3.90. The summed E-state index contributed by atoms with van der Waals surface area (Å²) < 4.78 is 6.71. The fourth-order valence-electron chi connectivity index (χ4n) is 1.17. The predicted octanol–water partition coefficient (Wildman–Crippen LogP) is 2.85. The first-order valence-corrected chi connectivity index (χ1v) is 8.14. The Balaban J connectivity index is 0.00000112. The molecule has 1 heterocycles. The quantitative estimate of drug-likeness (QED) is 0.371. The summed E-state index contributed by atoms with van der Waals surface area (Å²) in [6, 6.07) is 12.5. The van der Waals surface area contributed by atoms with E-state index >= 15 is 0 Å². The van der Waals surface area contributed by atoms with Crippen LogP contribution in [-0.2, 0) is 0 Å². The minimum absolute atomic E-state index is 0. The van der Waals surface area contributed by atoms with Crippen molar-refractivity contribution in [3.05, 3.63) is 41.3 Å². The maximum absolute atomic E-state index is 5.27. The van der Waals surface area contributed by atoms with Crippen molar-refractivity contribution >= 4 is 61.9 Å². The molecule has 0 aliphatic heterocycles. The minimum atomic E-state index is 0. The van der Waals surface area contributed by atoms with E-state index < -0.39 is 0 Å². The predicted molar refractivity (Wildman–Crippen MR) is 72.5 cm³/mol. The van der Waals surface area contributed by atoms with Gasteiger partial charge in [-0.1, -0.05) is 0 Å². The second-order valence-corrected chi connectivity index (χ2v) is 5.61. The molecule has 2 rings (SSSR count). The van der Waals surface area contributed by atoms with Crippen LogP contribution in [0.1, 0.15) is 0 Å². The molecule has 0 saturated carbocycles. The molecule has 1 nitrogen and oxygen atoms in total. The molecule has 1 radical (unpaired) electrons. The molecule has 1 aromatic carbocycles. The summed E-state index contributed by atoms with van der Waals surface area (Å²) in [6.07, 6.45) is 0. The van der Waals surface area contributed by atoms with Crippen LogP contribution in [0.4, 0.5) is 0 Å². The van der Waals surface area contributed by atoms with Gasteiger partial charge in [-0.2, -0.15) is 0 Å². The molecule has 0 N–H and O–H groups in total. The number of rotatable bonds is 3. The van der Waals surface area contributed by atoms with Crippen molar-refractivity contribution in [2.24, 2.45) is 0 Å². The van der Waals surface area contributed by atoms with E-state index in [4.69, 9.17) is 4.18 Å². The van der Waals surface area contributed by atoms with Gasteiger partial charge in [0.1, 0.15) is 0 Å². The molecule has 0 fully saturated rings. The van der Waals surface area contributed by atoms with Crippen molar-refractivity contribution in [2.75, 3.05) is 0 Å². The average molecular weight is 492 g/mol.